The Bertz CT molecular complexity index is 749. The number of carbonyl (C=O) groups is 1. The van der Waals surface area contributed by atoms with E-state index < -0.39 is 5.97 Å². The van der Waals surface area contributed by atoms with Crippen molar-refractivity contribution in [3.63, 3.8) is 0 Å². The lowest BCUT2D eigenvalue weighted by Crippen LogP contribution is -2.12. The number of hydrogen-bond donors (Lipinski definition) is 0. The van der Waals surface area contributed by atoms with E-state index in [1.54, 1.807) is 26.1 Å². The van der Waals surface area contributed by atoms with E-state index in [0.717, 1.165) is 22.1 Å². The third kappa shape index (κ3) is 3.26. The molecule has 0 unspecified atom stereocenters. The second kappa shape index (κ2) is 6.58. The molecule has 0 spiro atoms. The van der Waals surface area contributed by atoms with E-state index in [4.69, 9.17) is 4.74 Å². The van der Waals surface area contributed by atoms with Crippen molar-refractivity contribution in [2.75, 3.05) is 0 Å². The van der Waals surface area contributed by atoms with Gasteiger partial charge in [-0.3, -0.25) is 4.57 Å². The molecule has 0 saturated carbocycles. The van der Waals surface area contributed by atoms with Crippen LogP contribution in [0.1, 0.15) is 30.8 Å². The highest BCUT2D eigenvalue weighted by molar-refractivity contribution is 7.12. The summed E-state index contributed by atoms with van der Waals surface area (Å²) in [6, 6.07) is 3.84. The summed E-state index contributed by atoms with van der Waals surface area (Å²) in [6.45, 7) is 7.40. The Labute approximate surface area is 133 Å². The Morgan fingerprint density at radius 2 is 2.23 bits per heavy atom. The molecule has 0 aliphatic carbocycles. The molecule has 2 heterocycles. The number of aromatic nitrogens is 2. The molecule has 6 heteroatoms. The first kappa shape index (κ1) is 16.0. The number of thiazole rings is 1. The zero-order valence-electron chi connectivity index (χ0n) is 13.0. The average molecular weight is 315 g/mol. The average Bonchev–Trinajstić information content (AvgIpc) is 3.04. The van der Waals surface area contributed by atoms with E-state index in [0.29, 0.717) is 0 Å². The molecule has 114 valence electrons. The summed E-state index contributed by atoms with van der Waals surface area (Å²) in [6.07, 6.45) is 3.05. The summed E-state index contributed by atoms with van der Waals surface area (Å²) in [5.41, 5.74) is 2.73. The molecule has 0 radical (unpaired) electrons. The van der Waals surface area contributed by atoms with Crippen LogP contribution in [0.5, 0.6) is 0 Å². The standard InChI is InChI=1S/C16H17N3O2S/c1-10(2)21-15(20)14(9-17)8-13-7-11(3)19(12(13)4)16-18-5-6-22-16/h5-8,10H,1-4H3/b14-8+. The van der Waals surface area contributed by atoms with Crippen molar-refractivity contribution in [1.29, 1.82) is 5.26 Å². The molecule has 2 aromatic heterocycles. The van der Waals surface area contributed by atoms with Gasteiger partial charge in [0.2, 0.25) is 0 Å². The normalized spacial score (nSPS) is 11.5. The lowest BCUT2D eigenvalue weighted by Gasteiger charge is -2.07. The van der Waals surface area contributed by atoms with Crippen LogP contribution in [0.25, 0.3) is 11.2 Å². The molecule has 0 N–H and O–H groups in total. The van der Waals surface area contributed by atoms with Gasteiger partial charge in [-0.1, -0.05) is 0 Å². The van der Waals surface area contributed by atoms with Crippen molar-refractivity contribution < 1.29 is 9.53 Å². The van der Waals surface area contributed by atoms with E-state index in [2.05, 4.69) is 4.98 Å². The van der Waals surface area contributed by atoms with Crippen LogP contribution in [0.15, 0.2) is 23.2 Å². The molecule has 0 amide bonds. The van der Waals surface area contributed by atoms with Crippen molar-refractivity contribution in [1.82, 2.24) is 9.55 Å². The molecule has 5 nitrogen and oxygen atoms in total. The number of ether oxygens (including phenoxy) is 1. The molecule has 2 aromatic rings. The number of esters is 1. The minimum Gasteiger partial charge on any atom is -0.459 e. The second-order valence-electron chi connectivity index (χ2n) is 5.10. The number of rotatable bonds is 4. The van der Waals surface area contributed by atoms with Gasteiger partial charge in [0.25, 0.3) is 0 Å². The van der Waals surface area contributed by atoms with Crippen molar-refractivity contribution in [3.8, 4) is 11.2 Å². The maximum Gasteiger partial charge on any atom is 0.349 e. The topological polar surface area (TPSA) is 67.9 Å². The zero-order valence-corrected chi connectivity index (χ0v) is 13.8. The lowest BCUT2D eigenvalue weighted by molar-refractivity contribution is -0.142. The highest BCUT2D eigenvalue weighted by atomic mass is 32.1. The van der Waals surface area contributed by atoms with E-state index >= 15 is 0 Å². The molecular weight excluding hydrogens is 298 g/mol. The summed E-state index contributed by atoms with van der Waals surface area (Å²) in [7, 11) is 0. The van der Waals surface area contributed by atoms with Gasteiger partial charge < -0.3 is 4.74 Å². The molecule has 0 aliphatic heterocycles. The zero-order chi connectivity index (χ0) is 16.3. The molecule has 0 atom stereocenters. The van der Waals surface area contributed by atoms with Crippen LogP contribution in [-0.2, 0) is 9.53 Å². The Morgan fingerprint density at radius 3 is 2.77 bits per heavy atom. The summed E-state index contributed by atoms with van der Waals surface area (Å²) in [4.78, 5) is 16.2. The molecule has 0 bridgehead atoms. The number of hydrogen-bond acceptors (Lipinski definition) is 5. The largest absolute Gasteiger partial charge is 0.459 e. The van der Waals surface area contributed by atoms with E-state index in [-0.39, 0.29) is 11.7 Å². The van der Waals surface area contributed by atoms with E-state index in [1.807, 2.05) is 35.9 Å². The number of carbonyl (C=O) groups excluding carboxylic acids is 1. The maximum absolute atomic E-state index is 11.9. The van der Waals surface area contributed by atoms with Crippen LogP contribution < -0.4 is 0 Å². The van der Waals surface area contributed by atoms with E-state index in [9.17, 15) is 10.1 Å². The van der Waals surface area contributed by atoms with Gasteiger partial charge in [-0.2, -0.15) is 5.26 Å². The fourth-order valence-corrected chi connectivity index (χ4v) is 2.88. The van der Waals surface area contributed by atoms with Crippen molar-refractivity contribution in [2.45, 2.75) is 33.8 Å². The number of aryl methyl sites for hydroxylation is 1. The Morgan fingerprint density at radius 1 is 1.50 bits per heavy atom. The quantitative estimate of drug-likeness (QED) is 0.492. The smallest absolute Gasteiger partial charge is 0.349 e. The van der Waals surface area contributed by atoms with Crippen LogP contribution in [-0.4, -0.2) is 21.6 Å². The first-order valence-corrected chi connectivity index (χ1v) is 7.73. The first-order valence-electron chi connectivity index (χ1n) is 6.85. The van der Waals surface area contributed by atoms with Gasteiger partial charge in [-0.15, -0.1) is 11.3 Å². The molecule has 2 rings (SSSR count). The van der Waals surface area contributed by atoms with Crippen LogP contribution >= 0.6 is 11.3 Å². The monoisotopic (exact) mass is 315 g/mol. The lowest BCUT2D eigenvalue weighted by atomic mass is 10.1. The van der Waals surface area contributed by atoms with Crippen molar-refractivity contribution in [2.24, 2.45) is 0 Å². The van der Waals surface area contributed by atoms with Gasteiger partial charge in [0.1, 0.15) is 11.6 Å². The fraction of sp³-hybridized carbons (Fsp3) is 0.312. The highest BCUT2D eigenvalue weighted by Crippen LogP contribution is 2.24. The first-order chi connectivity index (χ1) is 10.4. The maximum atomic E-state index is 11.9. The van der Waals surface area contributed by atoms with Gasteiger partial charge in [0.05, 0.1) is 6.10 Å². The summed E-state index contributed by atoms with van der Waals surface area (Å²) in [5, 5.41) is 12.0. The third-order valence-electron chi connectivity index (χ3n) is 3.06. The van der Waals surface area contributed by atoms with Crippen LogP contribution in [0.2, 0.25) is 0 Å². The number of nitriles is 1. The van der Waals surface area contributed by atoms with Crippen molar-refractivity contribution in [3.05, 3.63) is 40.2 Å². The van der Waals surface area contributed by atoms with Gasteiger partial charge in [0, 0.05) is 23.0 Å². The molecule has 0 saturated heterocycles. The summed E-state index contributed by atoms with van der Waals surface area (Å²) >= 11 is 1.53. The minimum atomic E-state index is -0.600. The molecule has 0 aliphatic rings. The van der Waals surface area contributed by atoms with Crippen molar-refractivity contribution >= 4 is 23.4 Å². The predicted octanol–water partition coefficient (Wildman–Crippen LogP) is 3.41. The fourth-order valence-electron chi connectivity index (χ4n) is 2.12. The Hall–Kier alpha value is -2.39. The second-order valence-corrected chi connectivity index (χ2v) is 5.97. The molecular formula is C16H17N3O2S. The number of nitrogens with zero attached hydrogens (tertiary/aromatic N) is 3. The van der Waals surface area contributed by atoms with Gasteiger partial charge in [-0.25, -0.2) is 9.78 Å². The van der Waals surface area contributed by atoms with Crippen LogP contribution in [0.3, 0.4) is 0 Å². The molecule has 22 heavy (non-hydrogen) atoms. The molecule has 0 aromatic carbocycles. The SMILES string of the molecule is Cc1cc(/C=C(\C#N)C(=O)OC(C)C)c(C)n1-c1nccs1. The summed E-state index contributed by atoms with van der Waals surface area (Å²) < 4.78 is 7.08. The van der Waals surface area contributed by atoms with Gasteiger partial charge in [0.15, 0.2) is 5.13 Å². The molecule has 0 fully saturated rings. The van der Waals surface area contributed by atoms with Crippen LogP contribution in [0.4, 0.5) is 0 Å². The third-order valence-corrected chi connectivity index (χ3v) is 3.82. The summed E-state index contributed by atoms with van der Waals surface area (Å²) in [5.74, 6) is -0.600. The van der Waals surface area contributed by atoms with Gasteiger partial charge in [-0.05, 0) is 45.4 Å². The van der Waals surface area contributed by atoms with E-state index in [1.165, 1.54) is 11.3 Å². The Balaban J connectivity index is 2.42. The highest BCUT2D eigenvalue weighted by Gasteiger charge is 2.16. The minimum absolute atomic E-state index is 0.00640. The van der Waals surface area contributed by atoms with Crippen LogP contribution in [0, 0.1) is 25.2 Å². The predicted molar refractivity (Wildman–Crippen MR) is 85.7 cm³/mol. The Kier molecular flexibility index (Phi) is 4.78. The van der Waals surface area contributed by atoms with Gasteiger partial charge >= 0.3 is 5.97 Å².